The number of benzene rings is 1. The smallest absolute Gasteiger partial charge is 0.223 e. The first kappa shape index (κ1) is 19.4. The second-order valence-electron chi connectivity index (χ2n) is 8.08. The molecule has 2 heterocycles. The van der Waals surface area contributed by atoms with Crippen LogP contribution in [0.3, 0.4) is 0 Å². The Morgan fingerprint density at radius 3 is 2.82 bits per heavy atom. The molecule has 0 saturated carbocycles. The fourth-order valence-electron chi connectivity index (χ4n) is 4.84. The van der Waals surface area contributed by atoms with Gasteiger partial charge in [0.2, 0.25) is 5.28 Å². The molecule has 1 aliphatic heterocycles. The summed E-state index contributed by atoms with van der Waals surface area (Å²) in [5, 5.41) is 0.325. The number of anilines is 1. The van der Waals surface area contributed by atoms with E-state index in [1.165, 1.54) is 60.8 Å². The van der Waals surface area contributed by atoms with Crippen LogP contribution in [0.25, 0.3) is 5.57 Å². The molecule has 4 rings (SSSR count). The first-order valence-electron chi connectivity index (χ1n) is 10.8. The van der Waals surface area contributed by atoms with Crippen LogP contribution in [-0.2, 0) is 12.8 Å². The second kappa shape index (κ2) is 8.65. The molecule has 1 aromatic heterocycles. The minimum atomic E-state index is 0.325. The van der Waals surface area contributed by atoms with E-state index in [0.717, 1.165) is 36.8 Å². The highest BCUT2D eigenvalue weighted by Gasteiger charge is 2.24. The number of fused-ring (bicyclic) bond motifs is 1. The molecule has 0 radical (unpaired) electrons. The van der Waals surface area contributed by atoms with E-state index in [1.807, 2.05) is 6.20 Å². The van der Waals surface area contributed by atoms with E-state index in [-0.39, 0.29) is 0 Å². The summed E-state index contributed by atoms with van der Waals surface area (Å²) in [6, 6.07) is 6.80. The van der Waals surface area contributed by atoms with Crippen LogP contribution in [0.15, 0.2) is 30.5 Å². The van der Waals surface area contributed by atoms with Gasteiger partial charge in [-0.05, 0) is 79.7 Å². The van der Waals surface area contributed by atoms with E-state index in [9.17, 15) is 0 Å². The molecule has 28 heavy (non-hydrogen) atoms. The second-order valence-corrected chi connectivity index (χ2v) is 8.42. The van der Waals surface area contributed by atoms with E-state index in [2.05, 4.69) is 48.0 Å². The summed E-state index contributed by atoms with van der Waals surface area (Å²) >= 11 is 6.26. The Labute approximate surface area is 173 Å². The van der Waals surface area contributed by atoms with Gasteiger partial charge in [0.05, 0.1) is 17.6 Å². The Hall–Kier alpha value is -1.87. The third-order valence-corrected chi connectivity index (χ3v) is 6.60. The van der Waals surface area contributed by atoms with E-state index >= 15 is 0 Å². The molecule has 1 atom stereocenters. The lowest BCUT2D eigenvalue weighted by Gasteiger charge is -2.23. The molecule has 0 N–H and O–H groups in total. The van der Waals surface area contributed by atoms with E-state index in [1.54, 1.807) is 0 Å². The monoisotopic (exact) mass is 395 g/mol. The van der Waals surface area contributed by atoms with Crippen molar-refractivity contribution in [2.24, 2.45) is 5.92 Å². The summed E-state index contributed by atoms with van der Waals surface area (Å²) in [7, 11) is 0. The fraction of sp³-hybridized carbons (Fsp3) is 0.500. The Morgan fingerprint density at radius 2 is 2.07 bits per heavy atom. The van der Waals surface area contributed by atoms with Gasteiger partial charge in [-0.15, -0.1) is 0 Å². The molecule has 2 aliphatic rings. The highest BCUT2D eigenvalue weighted by atomic mass is 35.5. The molecule has 2 aromatic rings. The maximum Gasteiger partial charge on any atom is 0.223 e. The molecule has 1 aromatic carbocycles. The van der Waals surface area contributed by atoms with Crippen molar-refractivity contribution < 1.29 is 0 Å². The third kappa shape index (κ3) is 3.82. The SMILES string of the molecule is CC=C(c1cccc2c1CC(CC)CCC2)c1nc(Cl)ncc1N1CCCC1. The fourth-order valence-corrected chi connectivity index (χ4v) is 4.98. The average molecular weight is 396 g/mol. The third-order valence-electron chi connectivity index (χ3n) is 6.42. The summed E-state index contributed by atoms with van der Waals surface area (Å²) in [5.74, 6) is 0.771. The summed E-state index contributed by atoms with van der Waals surface area (Å²) in [6.45, 7) is 6.58. The molecular weight excluding hydrogens is 366 g/mol. The van der Waals surface area contributed by atoms with Gasteiger partial charge >= 0.3 is 0 Å². The number of allylic oxidation sites excluding steroid dienone is 1. The lowest BCUT2D eigenvalue weighted by atomic mass is 9.87. The minimum absolute atomic E-state index is 0.325. The van der Waals surface area contributed by atoms with Crippen molar-refractivity contribution >= 4 is 22.9 Å². The van der Waals surface area contributed by atoms with E-state index in [4.69, 9.17) is 16.6 Å². The van der Waals surface area contributed by atoms with Gasteiger partial charge in [0, 0.05) is 18.7 Å². The number of hydrogen-bond donors (Lipinski definition) is 0. The van der Waals surface area contributed by atoms with Gasteiger partial charge in [-0.25, -0.2) is 9.97 Å². The highest BCUT2D eigenvalue weighted by molar-refractivity contribution is 6.28. The maximum absolute atomic E-state index is 6.26. The van der Waals surface area contributed by atoms with Crippen molar-refractivity contribution in [3.63, 3.8) is 0 Å². The van der Waals surface area contributed by atoms with Crippen LogP contribution >= 0.6 is 11.6 Å². The lowest BCUT2D eigenvalue weighted by molar-refractivity contribution is 0.466. The van der Waals surface area contributed by atoms with Gasteiger partial charge in [-0.3, -0.25) is 0 Å². The van der Waals surface area contributed by atoms with Crippen LogP contribution < -0.4 is 4.90 Å². The topological polar surface area (TPSA) is 29.0 Å². The summed E-state index contributed by atoms with van der Waals surface area (Å²) in [6.07, 6.45) is 12.8. The molecule has 0 bridgehead atoms. The maximum atomic E-state index is 6.26. The quantitative estimate of drug-likeness (QED) is 0.463. The van der Waals surface area contributed by atoms with Gasteiger partial charge in [0.15, 0.2) is 0 Å². The van der Waals surface area contributed by atoms with Crippen molar-refractivity contribution in [3.8, 4) is 0 Å². The van der Waals surface area contributed by atoms with Crippen LogP contribution in [0.1, 0.15) is 68.3 Å². The molecule has 1 saturated heterocycles. The van der Waals surface area contributed by atoms with Crippen molar-refractivity contribution in [1.29, 1.82) is 0 Å². The Morgan fingerprint density at radius 1 is 1.25 bits per heavy atom. The molecule has 148 valence electrons. The van der Waals surface area contributed by atoms with Crippen LogP contribution in [0.4, 0.5) is 5.69 Å². The molecule has 1 unspecified atom stereocenters. The Bertz CT molecular complexity index is 868. The summed E-state index contributed by atoms with van der Waals surface area (Å²) in [4.78, 5) is 11.4. The van der Waals surface area contributed by atoms with Crippen LogP contribution in [-0.4, -0.2) is 23.1 Å². The predicted octanol–water partition coefficient (Wildman–Crippen LogP) is 6.09. The minimum Gasteiger partial charge on any atom is -0.369 e. The average Bonchev–Trinajstić information content (AvgIpc) is 3.15. The lowest BCUT2D eigenvalue weighted by Crippen LogP contribution is -2.20. The van der Waals surface area contributed by atoms with Gasteiger partial charge < -0.3 is 4.90 Å². The van der Waals surface area contributed by atoms with Gasteiger partial charge in [-0.2, -0.15) is 0 Å². The Kier molecular flexibility index (Phi) is 6.01. The molecule has 0 amide bonds. The number of rotatable bonds is 4. The first-order chi connectivity index (χ1) is 13.7. The van der Waals surface area contributed by atoms with E-state index < -0.39 is 0 Å². The normalized spacial score (nSPS) is 20.2. The standard InChI is InChI=1S/C24H30ClN3/c1-3-17-9-7-10-18-11-8-12-20(21(18)15-17)19(4-2)23-22(16-26-24(25)27-23)28-13-5-6-14-28/h4,8,11-12,16-17H,3,5-7,9-10,13-15H2,1-2H3. The largest absolute Gasteiger partial charge is 0.369 e. The number of aromatic nitrogens is 2. The van der Waals surface area contributed by atoms with E-state index in [0.29, 0.717) is 5.28 Å². The van der Waals surface area contributed by atoms with Crippen LogP contribution in [0.2, 0.25) is 5.28 Å². The molecule has 1 aliphatic carbocycles. The molecule has 1 fully saturated rings. The Balaban J connectivity index is 1.82. The molecule has 3 nitrogen and oxygen atoms in total. The number of aryl methyl sites for hydroxylation is 1. The summed E-state index contributed by atoms with van der Waals surface area (Å²) < 4.78 is 0. The molecule has 0 spiro atoms. The first-order valence-corrected chi connectivity index (χ1v) is 11.1. The van der Waals surface area contributed by atoms with Gasteiger partial charge in [-0.1, -0.05) is 37.6 Å². The molecule has 4 heteroatoms. The van der Waals surface area contributed by atoms with Crippen molar-refractivity contribution in [2.45, 2.75) is 58.8 Å². The zero-order valence-corrected chi connectivity index (χ0v) is 17.8. The van der Waals surface area contributed by atoms with Crippen LogP contribution in [0.5, 0.6) is 0 Å². The molecular formula is C24H30ClN3. The number of hydrogen-bond acceptors (Lipinski definition) is 3. The zero-order chi connectivity index (χ0) is 19.5. The zero-order valence-electron chi connectivity index (χ0n) is 17.0. The predicted molar refractivity (Wildman–Crippen MR) is 118 cm³/mol. The van der Waals surface area contributed by atoms with Gasteiger partial charge in [0.25, 0.3) is 0 Å². The number of halogens is 1. The van der Waals surface area contributed by atoms with Crippen LogP contribution in [0, 0.1) is 5.92 Å². The van der Waals surface area contributed by atoms with Crippen molar-refractivity contribution in [3.05, 3.63) is 58.1 Å². The van der Waals surface area contributed by atoms with Crippen molar-refractivity contribution in [1.82, 2.24) is 9.97 Å². The summed E-state index contributed by atoms with van der Waals surface area (Å²) in [5.41, 5.74) is 7.65. The van der Waals surface area contributed by atoms with Gasteiger partial charge in [0.1, 0.15) is 0 Å². The number of nitrogens with zero attached hydrogens (tertiary/aromatic N) is 3. The highest BCUT2D eigenvalue weighted by Crippen LogP contribution is 2.37. The van der Waals surface area contributed by atoms with Crippen molar-refractivity contribution in [2.75, 3.05) is 18.0 Å².